The monoisotopic (exact) mass is 361 g/mol. The Balaban J connectivity index is 1.77. The first-order valence-corrected chi connectivity index (χ1v) is 8.28. The predicted octanol–water partition coefficient (Wildman–Crippen LogP) is 3.08. The second-order valence-corrected chi connectivity index (χ2v) is 7.20. The van der Waals surface area contributed by atoms with Crippen LogP contribution in [-0.2, 0) is 4.79 Å². The van der Waals surface area contributed by atoms with E-state index in [-0.39, 0.29) is 5.92 Å². The molecule has 1 saturated carbocycles. The van der Waals surface area contributed by atoms with Gasteiger partial charge in [-0.2, -0.15) is 0 Å². The molecule has 0 unspecified atom stereocenters. The zero-order valence-corrected chi connectivity index (χ0v) is 13.6. The van der Waals surface area contributed by atoms with Crippen molar-refractivity contribution in [1.82, 2.24) is 9.97 Å². The fourth-order valence-electron chi connectivity index (χ4n) is 4.07. The van der Waals surface area contributed by atoms with Crippen molar-refractivity contribution < 1.29 is 9.90 Å². The summed E-state index contributed by atoms with van der Waals surface area (Å²) in [5.41, 5.74) is 2.08. The summed E-state index contributed by atoms with van der Waals surface area (Å²) < 4.78 is 0.893. The summed E-state index contributed by atoms with van der Waals surface area (Å²) in [4.78, 5) is 22.9. The molecule has 0 bridgehead atoms. The van der Waals surface area contributed by atoms with Crippen molar-refractivity contribution in [3.05, 3.63) is 29.0 Å². The average molecular weight is 362 g/mol. The number of hydrogen-bond acceptors (Lipinski definition) is 4. The van der Waals surface area contributed by atoms with Crippen molar-refractivity contribution in [3.8, 4) is 0 Å². The number of carboxylic acids is 1. The molecule has 0 aromatic carbocycles. The number of aliphatic carboxylic acids is 1. The van der Waals surface area contributed by atoms with E-state index in [4.69, 9.17) is 0 Å². The van der Waals surface area contributed by atoms with Crippen LogP contribution in [0.4, 0.5) is 5.69 Å². The van der Waals surface area contributed by atoms with Gasteiger partial charge in [-0.3, -0.25) is 14.8 Å². The van der Waals surface area contributed by atoms with E-state index in [1.807, 2.05) is 12.1 Å². The number of carboxylic acid groups (broad SMARTS) is 1. The van der Waals surface area contributed by atoms with Gasteiger partial charge in [0.1, 0.15) is 5.52 Å². The van der Waals surface area contributed by atoms with Crippen molar-refractivity contribution in [3.63, 3.8) is 0 Å². The molecular formula is C16H16BrN3O2. The smallest absolute Gasteiger partial charge is 0.311 e. The molecule has 0 amide bonds. The predicted molar refractivity (Wildman–Crippen MR) is 86.9 cm³/mol. The molecule has 1 N–H and O–H groups in total. The van der Waals surface area contributed by atoms with Crippen LogP contribution in [0, 0.1) is 11.3 Å². The second-order valence-electron chi connectivity index (χ2n) is 6.28. The highest BCUT2D eigenvalue weighted by atomic mass is 79.9. The van der Waals surface area contributed by atoms with Gasteiger partial charge in [-0.15, -0.1) is 0 Å². The summed E-state index contributed by atoms with van der Waals surface area (Å²) in [6.07, 6.45) is 6.34. The molecule has 2 aromatic heterocycles. The van der Waals surface area contributed by atoms with Crippen LogP contribution in [0.3, 0.4) is 0 Å². The summed E-state index contributed by atoms with van der Waals surface area (Å²) in [5, 5.41) is 9.73. The molecule has 1 aliphatic heterocycles. The van der Waals surface area contributed by atoms with Gasteiger partial charge in [-0.1, -0.05) is 6.42 Å². The lowest BCUT2D eigenvalue weighted by molar-refractivity contribution is -0.149. The van der Waals surface area contributed by atoms with Gasteiger partial charge in [-0.25, -0.2) is 0 Å². The number of anilines is 1. The third-order valence-corrected chi connectivity index (χ3v) is 5.59. The maximum Gasteiger partial charge on any atom is 0.311 e. The standard InChI is InChI=1S/C16H16BrN3O2/c17-11-6-12-14(19-7-11)13(3-5-18-12)20-8-10-2-1-4-16(10,9-20)15(21)22/h3,5-7,10H,1-2,4,8-9H2,(H,21,22)/t10-,16+/m0/s1. The molecule has 1 aliphatic carbocycles. The Kier molecular flexibility index (Phi) is 3.11. The van der Waals surface area contributed by atoms with E-state index in [1.54, 1.807) is 12.4 Å². The molecule has 6 heteroatoms. The topological polar surface area (TPSA) is 66.3 Å². The molecule has 0 spiro atoms. The highest BCUT2D eigenvalue weighted by molar-refractivity contribution is 9.10. The Bertz CT molecular complexity index is 766. The fraction of sp³-hybridized carbons (Fsp3) is 0.438. The largest absolute Gasteiger partial charge is 0.481 e. The van der Waals surface area contributed by atoms with E-state index in [2.05, 4.69) is 30.8 Å². The van der Waals surface area contributed by atoms with Crippen LogP contribution in [0.15, 0.2) is 29.0 Å². The number of fused-ring (bicyclic) bond motifs is 2. The van der Waals surface area contributed by atoms with Crippen molar-refractivity contribution in [2.75, 3.05) is 18.0 Å². The number of hydrogen-bond donors (Lipinski definition) is 1. The van der Waals surface area contributed by atoms with E-state index >= 15 is 0 Å². The van der Waals surface area contributed by atoms with Gasteiger partial charge in [0.2, 0.25) is 0 Å². The van der Waals surface area contributed by atoms with Crippen molar-refractivity contribution >= 4 is 38.6 Å². The molecule has 2 fully saturated rings. The van der Waals surface area contributed by atoms with Gasteiger partial charge in [0.25, 0.3) is 0 Å². The number of nitrogens with zero attached hydrogens (tertiary/aromatic N) is 3. The minimum Gasteiger partial charge on any atom is -0.481 e. The lowest BCUT2D eigenvalue weighted by Gasteiger charge is -2.24. The third-order valence-electron chi connectivity index (χ3n) is 5.16. The maximum absolute atomic E-state index is 11.8. The van der Waals surface area contributed by atoms with E-state index in [0.29, 0.717) is 6.54 Å². The van der Waals surface area contributed by atoms with Crippen LogP contribution in [0.1, 0.15) is 19.3 Å². The van der Waals surface area contributed by atoms with Gasteiger partial charge in [0, 0.05) is 30.0 Å². The molecule has 2 aliphatic rings. The SMILES string of the molecule is O=C(O)[C@@]12CCC[C@H]1CN(c1ccnc3cc(Br)cnc13)C2. The van der Waals surface area contributed by atoms with Crippen LogP contribution in [-0.4, -0.2) is 34.1 Å². The van der Waals surface area contributed by atoms with E-state index in [1.165, 1.54) is 0 Å². The van der Waals surface area contributed by atoms with E-state index in [9.17, 15) is 9.90 Å². The second kappa shape index (κ2) is 4.91. The molecule has 1 saturated heterocycles. The molecule has 5 nitrogen and oxygen atoms in total. The van der Waals surface area contributed by atoms with Crippen molar-refractivity contribution in [2.24, 2.45) is 11.3 Å². The van der Waals surface area contributed by atoms with E-state index < -0.39 is 11.4 Å². The number of aromatic nitrogens is 2. The summed E-state index contributed by atoms with van der Waals surface area (Å²) in [7, 11) is 0. The Morgan fingerprint density at radius 2 is 2.32 bits per heavy atom. The Morgan fingerprint density at radius 3 is 3.09 bits per heavy atom. The molecule has 4 rings (SSSR count). The number of rotatable bonds is 2. The number of pyridine rings is 2. The minimum absolute atomic E-state index is 0.240. The van der Waals surface area contributed by atoms with Gasteiger partial charge < -0.3 is 10.0 Å². The highest BCUT2D eigenvalue weighted by Crippen LogP contribution is 2.50. The lowest BCUT2D eigenvalue weighted by atomic mass is 9.81. The normalized spacial score (nSPS) is 27.3. The van der Waals surface area contributed by atoms with Gasteiger partial charge in [0.05, 0.1) is 16.6 Å². The Morgan fingerprint density at radius 1 is 1.45 bits per heavy atom. The molecule has 22 heavy (non-hydrogen) atoms. The molecule has 114 valence electrons. The van der Waals surface area contributed by atoms with Gasteiger partial charge >= 0.3 is 5.97 Å². The molecule has 3 heterocycles. The minimum atomic E-state index is -0.647. The lowest BCUT2D eigenvalue weighted by Crippen LogP contribution is -2.35. The first-order chi connectivity index (χ1) is 10.6. The number of carbonyl (C=O) groups is 1. The van der Waals surface area contributed by atoms with Gasteiger partial charge in [-0.05, 0) is 46.8 Å². The van der Waals surface area contributed by atoms with Crippen LogP contribution >= 0.6 is 15.9 Å². The molecular weight excluding hydrogens is 346 g/mol. The highest BCUT2D eigenvalue weighted by Gasteiger charge is 2.55. The molecule has 2 atom stereocenters. The number of halogens is 1. The van der Waals surface area contributed by atoms with Crippen LogP contribution < -0.4 is 4.90 Å². The third kappa shape index (κ3) is 1.93. The first kappa shape index (κ1) is 13.9. The zero-order chi connectivity index (χ0) is 15.3. The quantitative estimate of drug-likeness (QED) is 0.890. The van der Waals surface area contributed by atoms with E-state index in [0.717, 1.165) is 47.0 Å². The average Bonchev–Trinajstić information content (AvgIpc) is 3.04. The van der Waals surface area contributed by atoms with Gasteiger partial charge in [0.15, 0.2) is 0 Å². The summed E-state index contributed by atoms with van der Waals surface area (Å²) in [6.45, 7) is 1.37. The van der Waals surface area contributed by atoms with Crippen LogP contribution in [0.25, 0.3) is 11.0 Å². The maximum atomic E-state index is 11.8. The summed E-state index contributed by atoms with van der Waals surface area (Å²) >= 11 is 3.41. The molecule has 0 radical (unpaired) electrons. The van der Waals surface area contributed by atoms with Crippen LogP contribution in [0.2, 0.25) is 0 Å². The first-order valence-electron chi connectivity index (χ1n) is 7.49. The molecule has 2 aromatic rings. The summed E-state index contributed by atoms with van der Waals surface area (Å²) in [6, 6.07) is 3.88. The van der Waals surface area contributed by atoms with Crippen LogP contribution in [0.5, 0.6) is 0 Å². The Hall–Kier alpha value is -1.69. The zero-order valence-electron chi connectivity index (χ0n) is 12.0. The van der Waals surface area contributed by atoms with Crippen molar-refractivity contribution in [2.45, 2.75) is 19.3 Å². The van der Waals surface area contributed by atoms with Crippen molar-refractivity contribution in [1.29, 1.82) is 0 Å². The fourth-order valence-corrected chi connectivity index (χ4v) is 4.39. The Labute approximate surface area is 136 Å². The summed E-state index contributed by atoms with van der Waals surface area (Å²) in [5.74, 6) is -0.407.